The summed E-state index contributed by atoms with van der Waals surface area (Å²) in [6.45, 7) is 9.34. The molecule has 2 atom stereocenters. The van der Waals surface area contributed by atoms with Crippen molar-refractivity contribution in [2.24, 2.45) is 5.92 Å². The molecule has 1 amide bonds. The topological polar surface area (TPSA) is 32.3 Å². The zero-order chi connectivity index (χ0) is 12.0. The van der Waals surface area contributed by atoms with Crippen LogP contribution in [0.3, 0.4) is 0 Å². The molecule has 1 heterocycles. The van der Waals surface area contributed by atoms with Crippen LogP contribution >= 0.6 is 0 Å². The summed E-state index contributed by atoms with van der Waals surface area (Å²) in [6.07, 6.45) is 4.53. The maximum Gasteiger partial charge on any atom is 0.225 e. The Morgan fingerprint density at radius 2 is 2.31 bits per heavy atom. The van der Waals surface area contributed by atoms with Crippen LogP contribution in [0.5, 0.6) is 0 Å². The molecule has 94 valence electrons. The predicted octanol–water partition coefficient (Wildman–Crippen LogP) is 2.02. The van der Waals surface area contributed by atoms with Crippen molar-refractivity contribution in [3.63, 3.8) is 0 Å². The molecule has 1 aliphatic rings. The third kappa shape index (κ3) is 4.12. The first-order valence-electron chi connectivity index (χ1n) is 6.67. The van der Waals surface area contributed by atoms with Crippen molar-refractivity contribution < 1.29 is 4.79 Å². The molecule has 0 aromatic rings. The predicted molar refractivity (Wildman–Crippen MR) is 67.4 cm³/mol. The highest BCUT2D eigenvalue weighted by atomic mass is 16.2. The van der Waals surface area contributed by atoms with E-state index >= 15 is 0 Å². The van der Waals surface area contributed by atoms with Crippen molar-refractivity contribution in [3.8, 4) is 0 Å². The lowest BCUT2D eigenvalue weighted by Crippen LogP contribution is -2.41. The van der Waals surface area contributed by atoms with E-state index in [4.69, 9.17) is 0 Å². The number of carbonyl (C=O) groups excluding carboxylic acids is 1. The molecule has 1 aliphatic heterocycles. The Morgan fingerprint density at radius 1 is 1.56 bits per heavy atom. The molecule has 0 saturated carbocycles. The molecule has 1 saturated heterocycles. The second-order valence-corrected chi connectivity index (χ2v) is 4.97. The Bertz CT molecular complexity index is 218. The van der Waals surface area contributed by atoms with Crippen LogP contribution < -0.4 is 5.32 Å². The number of rotatable bonds is 6. The average Bonchev–Trinajstić information content (AvgIpc) is 2.25. The van der Waals surface area contributed by atoms with E-state index in [0.29, 0.717) is 11.9 Å². The van der Waals surface area contributed by atoms with Crippen molar-refractivity contribution in [2.45, 2.75) is 52.5 Å². The van der Waals surface area contributed by atoms with Crippen LogP contribution in [0.15, 0.2) is 0 Å². The van der Waals surface area contributed by atoms with Gasteiger partial charge in [0, 0.05) is 25.0 Å². The molecular weight excluding hydrogens is 200 g/mol. The monoisotopic (exact) mass is 226 g/mol. The van der Waals surface area contributed by atoms with Crippen LogP contribution in [0.4, 0.5) is 0 Å². The molecule has 0 spiro atoms. The van der Waals surface area contributed by atoms with Gasteiger partial charge in [-0.1, -0.05) is 13.8 Å². The van der Waals surface area contributed by atoms with Gasteiger partial charge in [0.1, 0.15) is 0 Å². The van der Waals surface area contributed by atoms with Gasteiger partial charge in [0.2, 0.25) is 5.91 Å². The minimum absolute atomic E-state index is 0.250. The smallest absolute Gasteiger partial charge is 0.225 e. The number of hydrogen-bond acceptors (Lipinski definition) is 2. The molecule has 0 bridgehead atoms. The van der Waals surface area contributed by atoms with Crippen LogP contribution in [0.2, 0.25) is 0 Å². The lowest BCUT2D eigenvalue weighted by Gasteiger charge is -2.31. The molecule has 0 aromatic carbocycles. The summed E-state index contributed by atoms with van der Waals surface area (Å²) in [4.78, 5) is 13.9. The van der Waals surface area contributed by atoms with E-state index in [1.165, 1.54) is 6.42 Å². The van der Waals surface area contributed by atoms with Crippen molar-refractivity contribution in [1.82, 2.24) is 10.2 Å². The quantitative estimate of drug-likeness (QED) is 0.751. The Balaban J connectivity index is 2.19. The highest BCUT2D eigenvalue weighted by Gasteiger charge is 2.24. The van der Waals surface area contributed by atoms with Gasteiger partial charge >= 0.3 is 0 Å². The summed E-state index contributed by atoms with van der Waals surface area (Å²) in [7, 11) is 0. The Labute approximate surface area is 99.6 Å². The molecule has 0 radical (unpaired) electrons. The van der Waals surface area contributed by atoms with E-state index in [1.807, 2.05) is 4.90 Å². The summed E-state index contributed by atoms with van der Waals surface area (Å²) in [5.74, 6) is 0.613. The molecule has 2 unspecified atom stereocenters. The standard InChI is InChI=1S/C13H26N2O/c1-4-14-12(3)8-6-10-15-9-5-7-11(2)13(15)16/h11-12,14H,4-10H2,1-3H3. The zero-order valence-electron chi connectivity index (χ0n) is 11.0. The highest BCUT2D eigenvalue weighted by Crippen LogP contribution is 2.17. The molecule has 0 aliphatic carbocycles. The first-order valence-corrected chi connectivity index (χ1v) is 6.67. The molecule has 3 nitrogen and oxygen atoms in total. The number of hydrogen-bond donors (Lipinski definition) is 1. The van der Waals surface area contributed by atoms with Crippen LogP contribution in [0, 0.1) is 5.92 Å². The fourth-order valence-electron chi connectivity index (χ4n) is 2.39. The number of amides is 1. The second-order valence-electron chi connectivity index (χ2n) is 4.97. The van der Waals surface area contributed by atoms with Gasteiger partial charge in [0.25, 0.3) is 0 Å². The van der Waals surface area contributed by atoms with Gasteiger partial charge < -0.3 is 10.2 Å². The molecule has 3 heteroatoms. The Kier molecular flexibility index (Phi) is 5.81. The number of nitrogens with one attached hydrogen (secondary N) is 1. The van der Waals surface area contributed by atoms with E-state index < -0.39 is 0 Å². The fourth-order valence-corrected chi connectivity index (χ4v) is 2.39. The molecule has 16 heavy (non-hydrogen) atoms. The number of piperidine rings is 1. The van der Waals surface area contributed by atoms with E-state index in [2.05, 4.69) is 26.1 Å². The van der Waals surface area contributed by atoms with Crippen LogP contribution in [-0.2, 0) is 4.79 Å². The molecule has 1 fully saturated rings. The first-order chi connectivity index (χ1) is 7.65. The number of carbonyl (C=O) groups is 1. The van der Waals surface area contributed by atoms with Crippen LogP contribution in [0.1, 0.15) is 46.5 Å². The van der Waals surface area contributed by atoms with Gasteiger partial charge in [-0.25, -0.2) is 0 Å². The molecular formula is C13H26N2O. The minimum atomic E-state index is 0.250. The van der Waals surface area contributed by atoms with Crippen molar-refractivity contribution in [1.29, 1.82) is 0 Å². The highest BCUT2D eigenvalue weighted by molar-refractivity contribution is 5.79. The maximum absolute atomic E-state index is 11.8. The second kappa shape index (κ2) is 6.89. The lowest BCUT2D eigenvalue weighted by atomic mass is 9.99. The summed E-state index contributed by atoms with van der Waals surface area (Å²) < 4.78 is 0. The number of likely N-dealkylation sites (tertiary alicyclic amines) is 1. The van der Waals surface area contributed by atoms with Gasteiger partial charge in [-0.15, -0.1) is 0 Å². The molecule has 1 rings (SSSR count). The summed E-state index contributed by atoms with van der Waals surface area (Å²) in [6, 6.07) is 0.572. The van der Waals surface area contributed by atoms with Crippen LogP contribution in [-0.4, -0.2) is 36.5 Å². The van der Waals surface area contributed by atoms with E-state index in [0.717, 1.165) is 38.9 Å². The molecule has 1 N–H and O–H groups in total. The van der Waals surface area contributed by atoms with Crippen molar-refractivity contribution in [2.75, 3.05) is 19.6 Å². The molecule has 0 aromatic heterocycles. The largest absolute Gasteiger partial charge is 0.342 e. The summed E-state index contributed by atoms with van der Waals surface area (Å²) in [5, 5.41) is 3.40. The Hall–Kier alpha value is -0.570. The average molecular weight is 226 g/mol. The minimum Gasteiger partial charge on any atom is -0.342 e. The van der Waals surface area contributed by atoms with Crippen molar-refractivity contribution >= 4 is 5.91 Å². The summed E-state index contributed by atoms with van der Waals surface area (Å²) in [5.41, 5.74) is 0. The van der Waals surface area contributed by atoms with Gasteiger partial charge in [-0.05, 0) is 39.2 Å². The van der Waals surface area contributed by atoms with Crippen molar-refractivity contribution in [3.05, 3.63) is 0 Å². The van der Waals surface area contributed by atoms with Gasteiger partial charge in [0.15, 0.2) is 0 Å². The SMILES string of the molecule is CCNC(C)CCCN1CCCC(C)C1=O. The zero-order valence-corrected chi connectivity index (χ0v) is 11.0. The van der Waals surface area contributed by atoms with E-state index in [9.17, 15) is 4.79 Å². The Morgan fingerprint density at radius 3 is 3.00 bits per heavy atom. The van der Waals surface area contributed by atoms with Gasteiger partial charge in [0.05, 0.1) is 0 Å². The summed E-state index contributed by atoms with van der Waals surface area (Å²) >= 11 is 0. The third-order valence-electron chi connectivity index (χ3n) is 3.42. The fraction of sp³-hybridized carbons (Fsp3) is 0.923. The van der Waals surface area contributed by atoms with E-state index in [-0.39, 0.29) is 5.92 Å². The number of nitrogens with zero attached hydrogens (tertiary/aromatic N) is 1. The third-order valence-corrected chi connectivity index (χ3v) is 3.42. The lowest BCUT2D eigenvalue weighted by molar-refractivity contribution is -0.137. The van der Waals surface area contributed by atoms with Gasteiger partial charge in [-0.3, -0.25) is 4.79 Å². The first kappa shape index (κ1) is 13.5. The normalized spacial score (nSPS) is 23.6. The van der Waals surface area contributed by atoms with Crippen LogP contribution in [0.25, 0.3) is 0 Å². The van der Waals surface area contributed by atoms with Gasteiger partial charge in [-0.2, -0.15) is 0 Å². The van der Waals surface area contributed by atoms with E-state index in [1.54, 1.807) is 0 Å². The maximum atomic E-state index is 11.8.